The number of rotatable bonds is 10. The molecule has 0 unspecified atom stereocenters. The number of halogens is 2. The van der Waals surface area contributed by atoms with Crippen LogP contribution in [0.25, 0.3) is 22.5 Å². The Balaban J connectivity index is 1.87. The van der Waals surface area contributed by atoms with Crippen LogP contribution in [-0.2, 0) is 21.7 Å². The number of ether oxygens (including phenoxy) is 1. The summed E-state index contributed by atoms with van der Waals surface area (Å²) in [7, 11) is -3.47. The van der Waals surface area contributed by atoms with Gasteiger partial charge in [-0.05, 0) is 60.9 Å². The van der Waals surface area contributed by atoms with E-state index in [1.807, 2.05) is 32.0 Å². The summed E-state index contributed by atoms with van der Waals surface area (Å²) in [5, 5.41) is 16.3. The Kier molecular flexibility index (Phi) is 9.08. The lowest BCUT2D eigenvalue weighted by Gasteiger charge is -2.16. The number of aryl methyl sites for hydroxylation is 2. The van der Waals surface area contributed by atoms with E-state index in [2.05, 4.69) is 5.32 Å². The van der Waals surface area contributed by atoms with E-state index in [1.165, 1.54) is 43.7 Å². The van der Waals surface area contributed by atoms with Crippen molar-refractivity contribution in [3.05, 3.63) is 93.9 Å². The van der Waals surface area contributed by atoms with Crippen molar-refractivity contribution >= 4 is 19.4 Å². The first-order valence-corrected chi connectivity index (χ1v) is 14.8. The van der Waals surface area contributed by atoms with E-state index in [4.69, 9.17) is 9.26 Å². The minimum atomic E-state index is -4.98. The third-order valence-corrected chi connectivity index (χ3v) is 7.62. The Morgan fingerprint density at radius 2 is 1.72 bits per heavy atom. The van der Waals surface area contributed by atoms with Crippen LogP contribution in [0.5, 0.6) is 5.75 Å². The van der Waals surface area contributed by atoms with Gasteiger partial charge in [-0.3, -0.25) is 4.79 Å². The number of amides is 1. The molecule has 0 aliphatic heterocycles. The number of carbonyl (C=O) groups is 1. The zero-order valence-electron chi connectivity index (χ0n) is 24.2. The van der Waals surface area contributed by atoms with E-state index in [-0.39, 0.29) is 22.8 Å². The third-order valence-electron chi connectivity index (χ3n) is 7.16. The van der Waals surface area contributed by atoms with Gasteiger partial charge in [0.1, 0.15) is 5.75 Å². The molecule has 0 aliphatic carbocycles. The maximum absolute atomic E-state index is 14.3. The van der Waals surface area contributed by atoms with Crippen LogP contribution in [0, 0.1) is 26.0 Å². The highest BCUT2D eigenvalue weighted by atomic mass is 31.2. The molecule has 0 fully saturated rings. The van der Waals surface area contributed by atoms with Gasteiger partial charge in [0.05, 0.1) is 12.7 Å². The van der Waals surface area contributed by atoms with E-state index >= 15 is 0 Å². The first-order valence-electron chi connectivity index (χ1n) is 13.3. The fourth-order valence-corrected chi connectivity index (χ4v) is 5.24. The molecule has 0 spiro atoms. The molecule has 3 aromatic carbocycles. The lowest BCUT2D eigenvalue weighted by molar-refractivity contribution is -0.595. The minimum absolute atomic E-state index is 0.0235. The van der Waals surface area contributed by atoms with Crippen molar-refractivity contribution in [2.45, 2.75) is 46.8 Å². The summed E-state index contributed by atoms with van der Waals surface area (Å²) in [6.45, 7) is 5.84. The number of aromatic nitrogens is 2. The molecule has 0 radical (unpaired) electrons. The van der Waals surface area contributed by atoms with E-state index in [0.717, 1.165) is 22.8 Å². The fourth-order valence-electron chi connectivity index (χ4n) is 4.97. The maximum atomic E-state index is 14.3. The third kappa shape index (κ3) is 6.62. The van der Waals surface area contributed by atoms with E-state index in [1.54, 1.807) is 18.2 Å². The monoisotopic (exact) mass is 615 g/mol. The van der Waals surface area contributed by atoms with Crippen LogP contribution in [0.1, 0.15) is 46.2 Å². The second-order valence-electron chi connectivity index (χ2n) is 10.0. The maximum Gasteiger partial charge on any atom is 0.472 e. The fraction of sp³-hybridized carbons (Fsp3) is 0.267. The van der Waals surface area contributed by atoms with Crippen LogP contribution in [-0.4, -0.2) is 27.4 Å². The van der Waals surface area contributed by atoms with Gasteiger partial charge in [0.15, 0.2) is 5.69 Å². The molecule has 10 nitrogen and oxygen atoms in total. The molecular weight excluding hydrogens is 583 g/mol. The topological polar surface area (TPSA) is 137 Å². The highest BCUT2D eigenvalue weighted by Gasteiger charge is 2.33. The zero-order valence-corrected chi connectivity index (χ0v) is 25.1. The number of phosphoric acid groups is 1. The predicted molar refractivity (Wildman–Crippen MR) is 157 cm³/mol. The molecule has 0 saturated heterocycles. The Bertz CT molecular complexity index is 1710. The lowest BCUT2D eigenvalue weighted by Crippen LogP contribution is -2.37. The summed E-state index contributed by atoms with van der Waals surface area (Å²) in [4.78, 5) is 32.2. The van der Waals surface area contributed by atoms with Gasteiger partial charge in [-0.25, -0.2) is 27.2 Å². The molecule has 4 rings (SSSR count). The smallest absolute Gasteiger partial charge is 0.472 e. The second kappa shape index (κ2) is 12.3. The highest BCUT2D eigenvalue weighted by molar-refractivity contribution is 7.46. The van der Waals surface area contributed by atoms with Crippen LogP contribution >= 0.6 is 7.82 Å². The van der Waals surface area contributed by atoms with Crippen LogP contribution in [0.3, 0.4) is 0 Å². The molecule has 43 heavy (non-hydrogen) atoms. The summed E-state index contributed by atoms with van der Waals surface area (Å²) >= 11 is 0. The molecule has 3 N–H and O–H groups in total. The Morgan fingerprint density at radius 1 is 1.07 bits per heavy atom. The van der Waals surface area contributed by atoms with Crippen molar-refractivity contribution < 1.29 is 41.9 Å². The first kappa shape index (κ1) is 31.8. The lowest BCUT2D eigenvalue weighted by atomic mass is 9.93. The van der Waals surface area contributed by atoms with Crippen molar-refractivity contribution in [2.75, 3.05) is 12.4 Å². The molecule has 0 aliphatic rings. The second-order valence-corrected chi connectivity index (χ2v) is 11.2. The molecule has 1 aromatic heterocycles. The van der Waals surface area contributed by atoms with Gasteiger partial charge in [0, 0.05) is 30.2 Å². The number of imidazole rings is 1. The predicted octanol–water partition coefficient (Wildman–Crippen LogP) is 6.21. The molecule has 228 valence electrons. The van der Waals surface area contributed by atoms with Crippen LogP contribution < -0.4 is 14.8 Å². The average molecular weight is 616 g/mol. The van der Waals surface area contributed by atoms with E-state index in [0.29, 0.717) is 21.6 Å². The minimum Gasteiger partial charge on any atom is -0.710 e. The van der Waals surface area contributed by atoms with Gasteiger partial charge in [-0.15, -0.1) is 0 Å². The highest BCUT2D eigenvalue weighted by Crippen LogP contribution is 2.40. The summed E-state index contributed by atoms with van der Waals surface area (Å²) < 4.78 is 52.0. The van der Waals surface area contributed by atoms with Crippen molar-refractivity contribution in [3.63, 3.8) is 0 Å². The molecule has 1 heterocycles. The molecule has 13 heteroatoms. The zero-order chi connectivity index (χ0) is 31.7. The average Bonchev–Trinajstić information content (AvgIpc) is 3.20. The first-order chi connectivity index (χ1) is 20.2. The molecule has 0 saturated carbocycles. The van der Waals surface area contributed by atoms with Gasteiger partial charge < -0.3 is 25.0 Å². The Hall–Kier alpha value is -4.09. The number of hydrogen-bond acceptors (Lipinski definition) is 5. The van der Waals surface area contributed by atoms with Crippen molar-refractivity contribution in [1.29, 1.82) is 0 Å². The quantitative estimate of drug-likeness (QED) is 0.110. The van der Waals surface area contributed by atoms with Crippen LogP contribution in [0.2, 0.25) is 0 Å². The number of phosphoric ester groups is 1. The molecular formula is C30H32F2N3O7P. The SMILES string of the molecule is CCC(F)(F)c1cccc(NC(=O)c2c(C)n(COP(=O)(O)O)c(-c3ccc(OC)c(-c4c(C)cccc4C)c3)[n+]2[O-])c1. The number of anilines is 1. The number of nitrogens with zero attached hydrogens (tertiary/aromatic N) is 2. The number of methoxy groups -OCH3 is 1. The van der Waals surface area contributed by atoms with Gasteiger partial charge in [0.25, 0.3) is 17.7 Å². The number of nitrogens with one attached hydrogen (secondary N) is 1. The standard InChI is InChI=1S/C30H32F2N3O7P/c1-6-30(31,32)22-11-8-12-23(16-22)33-28(36)27-20(4)34(17-42-43(38,39)40)29(35(27)37)21-13-14-25(41-5)24(15-21)26-18(2)9-7-10-19(26)3/h7-16H,6,17H2,1-5H3,(H,33,36)(H2,38,39,40). The van der Waals surface area contributed by atoms with Crippen molar-refractivity contribution in [2.24, 2.45) is 0 Å². The van der Waals surface area contributed by atoms with Crippen molar-refractivity contribution in [1.82, 2.24) is 4.57 Å². The number of alkyl halides is 2. The van der Waals surface area contributed by atoms with Gasteiger partial charge in [-0.2, -0.15) is 0 Å². The van der Waals surface area contributed by atoms with Gasteiger partial charge >= 0.3 is 7.82 Å². The summed E-state index contributed by atoms with van der Waals surface area (Å²) in [5.41, 5.74) is 3.04. The number of hydrogen-bond donors (Lipinski definition) is 3. The molecule has 0 bridgehead atoms. The molecule has 1 amide bonds. The largest absolute Gasteiger partial charge is 0.710 e. The van der Waals surface area contributed by atoms with E-state index < -0.39 is 38.5 Å². The van der Waals surface area contributed by atoms with E-state index in [9.17, 15) is 33.1 Å². The Morgan fingerprint density at radius 3 is 2.33 bits per heavy atom. The van der Waals surface area contributed by atoms with Gasteiger partial charge in [-0.1, -0.05) is 37.3 Å². The molecule has 4 aromatic rings. The summed E-state index contributed by atoms with van der Waals surface area (Å²) in [5.74, 6) is -3.66. The summed E-state index contributed by atoms with van der Waals surface area (Å²) in [6.07, 6.45) is -0.443. The Labute approximate surface area is 247 Å². The van der Waals surface area contributed by atoms with Crippen molar-refractivity contribution in [3.8, 4) is 28.3 Å². The van der Waals surface area contributed by atoms with Gasteiger partial charge in [0.2, 0.25) is 12.4 Å². The van der Waals surface area contributed by atoms with Crippen LogP contribution in [0.15, 0.2) is 60.7 Å². The number of benzene rings is 3. The van der Waals surface area contributed by atoms with Crippen LogP contribution in [0.4, 0.5) is 14.5 Å². The molecule has 0 atom stereocenters. The normalized spacial score (nSPS) is 11.9. The number of carbonyl (C=O) groups excluding carboxylic acids is 1. The summed E-state index contributed by atoms with van der Waals surface area (Å²) in [6, 6.07) is 15.8.